The van der Waals surface area contributed by atoms with Crippen LogP contribution in [0.25, 0.3) is 0 Å². The second-order valence-corrected chi connectivity index (χ2v) is 1.40. The van der Waals surface area contributed by atoms with Gasteiger partial charge in [0.15, 0.2) is 0 Å². The highest BCUT2D eigenvalue weighted by molar-refractivity contribution is 6.43. The van der Waals surface area contributed by atoms with Crippen LogP contribution in [0.15, 0.2) is 30.1 Å². The highest BCUT2D eigenvalue weighted by Crippen LogP contribution is 1.97. The first-order valence-electron chi connectivity index (χ1n) is 2.41. The van der Waals surface area contributed by atoms with Crippen LogP contribution in [0, 0.1) is 0 Å². The first-order chi connectivity index (χ1) is 4.34. The molecule has 0 aliphatic carbocycles. The van der Waals surface area contributed by atoms with Crippen molar-refractivity contribution in [1.82, 2.24) is 0 Å². The van der Waals surface area contributed by atoms with Gasteiger partial charge in [0, 0.05) is 6.20 Å². The number of hydrogen-bond donors (Lipinski definition) is 0. The number of carbonyl (C=O) groups excluding carboxylic acids is 1. The molecule has 1 heterocycles. The molecule has 46 valence electrons. The van der Waals surface area contributed by atoms with Crippen LogP contribution >= 0.6 is 0 Å². The van der Waals surface area contributed by atoms with E-state index in [9.17, 15) is 4.79 Å². The Bertz CT molecular complexity index is 203. The molecule has 0 unspecified atom stereocenters. The quantitative estimate of drug-likeness (QED) is 0.399. The van der Waals surface area contributed by atoms with Crippen LogP contribution in [-0.2, 0) is 9.53 Å². The highest BCUT2D eigenvalue weighted by Gasteiger charge is 2.11. The summed E-state index contributed by atoms with van der Waals surface area (Å²) in [5, 5.41) is 0. The van der Waals surface area contributed by atoms with Crippen LogP contribution in [0.4, 0.5) is 0 Å². The van der Waals surface area contributed by atoms with Gasteiger partial charge in [0.2, 0.25) is 0 Å². The Morgan fingerprint density at radius 2 is 2.56 bits per heavy atom. The molecule has 0 aromatic rings. The zero-order valence-electron chi connectivity index (χ0n) is 4.70. The molecule has 0 atom stereocenters. The third kappa shape index (κ3) is 1.05. The van der Waals surface area contributed by atoms with Crippen molar-refractivity contribution in [2.75, 3.05) is 0 Å². The fourth-order valence-electron chi connectivity index (χ4n) is 0.406. The molecule has 0 saturated carbocycles. The summed E-state index contributed by atoms with van der Waals surface area (Å²) in [4.78, 5) is 14.2. The molecule has 0 aromatic carbocycles. The lowest BCUT2D eigenvalue weighted by Gasteiger charge is -2.00. The Balaban J connectivity index is 2.43. The van der Waals surface area contributed by atoms with Crippen LogP contribution in [0.2, 0.25) is 0 Å². The molecule has 0 amide bonds. The van der Waals surface area contributed by atoms with Gasteiger partial charge in [0.1, 0.15) is 5.71 Å². The largest absolute Gasteiger partial charge is 0.430 e. The van der Waals surface area contributed by atoms with Crippen LogP contribution < -0.4 is 0 Å². The van der Waals surface area contributed by atoms with Crippen molar-refractivity contribution in [3.63, 3.8) is 0 Å². The van der Waals surface area contributed by atoms with E-state index >= 15 is 0 Å². The van der Waals surface area contributed by atoms with Gasteiger partial charge in [-0.2, -0.15) is 0 Å². The van der Waals surface area contributed by atoms with E-state index in [2.05, 4.69) is 16.3 Å². The van der Waals surface area contributed by atoms with Gasteiger partial charge in [-0.15, -0.1) is 0 Å². The average Bonchev–Trinajstić information content (AvgIpc) is 1.60. The van der Waals surface area contributed by atoms with Crippen molar-refractivity contribution in [3.8, 4) is 0 Å². The first kappa shape index (κ1) is 5.75. The fraction of sp³-hybridized carbons (Fsp3) is 0. The number of rotatable bonds is 2. The van der Waals surface area contributed by atoms with Crippen molar-refractivity contribution in [2.45, 2.75) is 0 Å². The fourth-order valence-corrected chi connectivity index (χ4v) is 0.406. The number of esters is 1. The topological polar surface area (TPSA) is 38.7 Å². The second kappa shape index (κ2) is 2.26. The summed E-state index contributed by atoms with van der Waals surface area (Å²) in [6.45, 7) is 3.22. The van der Waals surface area contributed by atoms with Gasteiger partial charge in [-0.1, -0.05) is 6.58 Å². The van der Waals surface area contributed by atoms with Crippen molar-refractivity contribution in [2.24, 2.45) is 4.99 Å². The van der Waals surface area contributed by atoms with Crippen molar-refractivity contribution >= 4 is 11.7 Å². The number of aliphatic imine (C=N–C) groups is 1. The maximum absolute atomic E-state index is 10.5. The lowest BCUT2D eigenvalue weighted by Crippen LogP contribution is -2.15. The maximum Gasteiger partial charge on any atom is 0.361 e. The summed E-state index contributed by atoms with van der Waals surface area (Å²) in [5.41, 5.74) is 0.343. The Morgan fingerprint density at radius 1 is 1.89 bits per heavy atom. The molecule has 0 radical (unpaired) electrons. The summed E-state index contributed by atoms with van der Waals surface area (Å²) in [7, 11) is 0. The molecule has 3 heteroatoms. The van der Waals surface area contributed by atoms with Gasteiger partial charge < -0.3 is 4.74 Å². The monoisotopic (exact) mass is 123 g/mol. The van der Waals surface area contributed by atoms with E-state index in [4.69, 9.17) is 0 Å². The zero-order valence-corrected chi connectivity index (χ0v) is 4.70. The minimum atomic E-state index is -0.451. The third-order valence-electron chi connectivity index (χ3n) is 0.846. The van der Waals surface area contributed by atoms with Gasteiger partial charge in [0.05, 0.1) is 6.26 Å². The minimum absolute atomic E-state index is 0.343. The Hall–Kier alpha value is -1.38. The molecule has 0 fully saturated rings. The summed E-state index contributed by atoms with van der Waals surface area (Å²) < 4.78 is 4.39. The molecule has 0 spiro atoms. The Kier molecular flexibility index (Phi) is 1.44. The highest BCUT2D eigenvalue weighted by atomic mass is 16.5. The molecular formula is C6H5NO2. The summed E-state index contributed by atoms with van der Waals surface area (Å²) in [6, 6.07) is 0. The van der Waals surface area contributed by atoms with E-state index in [0.29, 0.717) is 5.71 Å². The molecular weight excluding hydrogens is 118 g/mol. The predicted molar refractivity (Wildman–Crippen MR) is 32.9 cm³/mol. The third-order valence-corrected chi connectivity index (χ3v) is 0.846. The number of carbonyl (C=O) groups is 1. The molecule has 0 bridgehead atoms. The molecule has 1 rings (SSSR count). The second-order valence-electron chi connectivity index (χ2n) is 1.40. The summed E-state index contributed by atoms with van der Waals surface area (Å²) in [6.07, 6.45) is 4.18. The van der Waals surface area contributed by atoms with E-state index < -0.39 is 5.97 Å². The smallest absolute Gasteiger partial charge is 0.361 e. The van der Waals surface area contributed by atoms with Crippen LogP contribution in [0.1, 0.15) is 0 Å². The van der Waals surface area contributed by atoms with Gasteiger partial charge in [0.25, 0.3) is 0 Å². The molecule has 1 aliphatic heterocycles. The van der Waals surface area contributed by atoms with Crippen molar-refractivity contribution in [1.29, 1.82) is 0 Å². The van der Waals surface area contributed by atoms with Crippen LogP contribution in [0.3, 0.4) is 0 Å². The van der Waals surface area contributed by atoms with E-state index in [1.165, 1.54) is 6.20 Å². The number of nitrogens with zero attached hydrogens (tertiary/aromatic N) is 1. The van der Waals surface area contributed by atoms with Crippen LogP contribution in [-0.4, -0.2) is 11.7 Å². The van der Waals surface area contributed by atoms with Gasteiger partial charge in [-0.25, -0.2) is 9.79 Å². The first-order valence-corrected chi connectivity index (χ1v) is 2.41. The number of hydrogen-bond acceptors (Lipinski definition) is 3. The molecule has 3 nitrogen and oxygen atoms in total. The molecule has 9 heavy (non-hydrogen) atoms. The molecule has 1 aliphatic rings. The van der Waals surface area contributed by atoms with Gasteiger partial charge in [-0.05, 0) is 6.08 Å². The van der Waals surface area contributed by atoms with E-state index in [1.807, 2.05) is 0 Å². The minimum Gasteiger partial charge on any atom is -0.430 e. The van der Waals surface area contributed by atoms with Gasteiger partial charge >= 0.3 is 5.97 Å². The zero-order chi connectivity index (χ0) is 6.69. The van der Waals surface area contributed by atoms with Crippen molar-refractivity contribution < 1.29 is 9.53 Å². The lowest BCUT2D eigenvalue weighted by atomic mass is 10.3. The summed E-state index contributed by atoms with van der Waals surface area (Å²) in [5.74, 6) is -0.451. The average molecular weight is 123 g/mol. The normalized spacial score (nSPS) is 13.6. The van der Waals surface area contributed by atoms with Gasteiger partial charge in [-0.3, -0.25) is 0 Å². The van der Waals surface area contributed by atoms with E-state index in [1.54, 1.807) is 6.08 Å². The van der Waals surface area contributed by atoms with Crippen LogP contribution in [0.5, 0.6) is 0 Å². The number of ether oxygens (including phenoxy) is 1. The Labute approximate surface area is 52.3 Å². The summed E-state index contributed by atoms with van der Waals surface area (Å²) >= 11 is 0. The van der Waals surface area contributed by atoms with E-state index in [0.717, 1.165) is 6.26 Å². The maximum atomic E-state index is 10.5. The molecule has 0 saturated heterocycles. The van der Waals surface area contributed by atoms with E-state index in [-0.39, 0.29) is 0 Å². The molecule has 0 N–H and O–H groups in total. The predicted octanol–water partition coefficient (Wildman–Crippen LogP) is 0.641. The Morgan fingerprint density at radius 3 is 2.89 bits per heavy atom. The SMILES string of the molecule is C=COC(=O)C1=NC=C1. The standard InChI is InChI=1S/C6H5NO2/c1-2-9-6(8)5-3-4-7-5/h2-4H,1H2. The lowest BCUT2D eigenvalue weighted by molar-refractivity contribution is -0.130. The van der Waals surface area contributed by atoms with Crippen molar-refractivity contribution in [3.05, 3.63) is 25.1 Å². The molecule has 0 aromatic heterocycles.